The normalized spacial score (nSPS) is 14.9. The molecule has 1 aliphatic carbocycles. The molecule has 0 saturated heterocycles. The van der Waals surface area contributed by atoms with E-state index in [2.05, 4.69) is 21.2 Å². The molecule has 1 fully saturated rings. The molecule has 11 nitrogen and oxygen atoms in total. The van der Waals surface area contributed by atoms with Crippen molar-refractivity contribution in [2.75, 3.05) is 10.2 Å². The standard InChI is InChI=1S/C36H35F4N7O4S/c1-34(2,3)52(51)45-35(15-14-22-10-11-22,24-7-4-6-23(16-24)20-41)25-12-13-28(37)29(17-25)43-32(48)30-19-31(36(38,39)40)44-47(30)27-9-5-8-26(18-27)46(21-42)33(49)50/h4-9,12-13,16-19,21-22,42,45H,10-11,14-15H2,1-3H3,(H,43,48)(H,49,50)/t35?,52-/m1/s1. The fraction of sp³-hybridized carbons (Fsp3) is 0.306. The highest BCUT2D eigenvalue weighted by molar-refractivity contribution is 7.90. The first kappa shape index (κ1) is 38.0. The van der Waals surface area contributed by atoms with Gasteiger partial charge >= 0.3 is 12.3 Å². The van der Waals surface area contributed by atoms with E-state index in [0.29, 0.717) is 57.4 Å². The number of carboxylic acid groups (broad SMARTS) is 1. The van der Waals surface area contributed by atoms with Crippen molar-refractivity contribution in [3.8, 4) is 11.8 Å². The number of halogens is 4. The van der Waals surface area contributed by atoms with Gasteiger partial charge in [-0.05, 0) is 93.1 Å². The molecule has 0 radical (unpaired) electrons. The van der Waals surface area contributed by atoms with Crippen LogP contribution in [0.1, 0.15) is 79.3 Å². The average molecular weight is 738 g/mol. The summed E-state index contributed by atoms with van der Waals surface area (Å²) in [5, 5.41) is 32.5. The second-order valence-electron chi connectivity index (χ2n) is 13.3. The van der Waals surface area contributed by atoms with Crippen LogP contribution < -0.4 is 14.9 Å². The number of anilines is 2. The van der Waals surface area contributed by atoms with Crippen LogP contribution in [0, 0.1) is 28.5 Å². The van der Waals surface area contributed by atoms with Gasteiger partial charge in [-0.1, -0.05) is 37.1 Å². The van der Waals surface area contributed by atoms with E-state index in [-0.39, 0.29) is 11.4 Å². The Labute approximate surface area is 300 Å². The summed E-state index contributed by atoms with van der Waals surface area (Å²) in [5.74, 6) is -1.68. The smallest absolute Gasteiger partial charge is 0.435 e. The number of hydrogen-bond donors (Lipinski definition) is 4. The van der Waals surface area contributed by atoms with Crippen LogP contribution in [0.2, 0.25) is 0 Å². The molecule has 16 heteroatoms. The summed E-state index contributed by atoms with van der Waals surface area (Å²) in [7, 11) is 0. The second-order valence-corrected chi connectivity index (χ2v) is 15.3. The van der Waals surface area contributed by atoms with E-state index in [1.165, 1.54) is 30.3 Å². The molecule has 1 heterocycles. The van der Waals surface area contributed by atoms with Gasteiger partial charge in [-0.3, -0.25) is 10.2 Å². The Morgan fingerprint density at radius 1 is 1.10 bits per heavy atom. The summed E-state index contributed by atoms with van der Waals surface area (Å²) >= 11 is -1.69. The van der Waals surface area contributed by atoms with Crippen LogP contribution in [0.25, 0.3) is 5.69 Å². The molecule has 0 aliphatic heterocycles. The Kier molecular flexibility index (Phi) is 10.8. The second kappa shape index (κ2) is 14.8. The third-order valence-corrected chi connectivity index (χ3v) is 10.2. The molecule has 5 rings (SSSR count). The number of nitriles is 1. The topological polar surface area (TPSA) is 170 Å². The highest BCUT2D eigenvalue weighted by atomic mass is 32.2. The Morgan fingerprint density at radius 2 is 1.79 bits per heavy atom. The zero-order valence-corrected chi connectivity index (χ0v) is 29.1. The number of nitrogens with one attached hydrogen (secondary N) is 3. The van der Waals surface area contributed by atoms with Gasteiger partial charge in [0.05, 0.1) is 35.0 Å². The fourth-order valence-corrected chi connectivity index (χ4v) is 6.54. The third kappa shape index (κ3) is 8.28. The minimum absolute atomic E-state index is 0.114. The first-order valence-corrected chi connectivity index (χ1v) is 17.2. The summed E-state index contributed by atoms with van der Waals surface area (Å²) in [5.41, 5.74) is -2.72. The molecule has 4 N–H and O–H groups in total. The first-order valence-electron chi connectivity index (χ1n) is 16.1. The number of carbonyl (C=O) groups excluding carboxylic acids is 1. The van der Waals surface area contributed by atoms with E-state index in [1.807, 2.05) is 0 Å². The zero-order valence-electron chi connectivity index (χ0n) is 28.3. The van der Waals surface area contributed by atoms with Crippen LogP contribution in [0.5, 0.6) is 0 Å². The number of aromatic nitrogens is 2. The molecule has 52 heavy (non-hydrogen) atoms. The molecule has 4 aromatic rings. The number of benzene rings is 3. The van der Waals surface area contributed by atoms with E-state index >= 15 is 4.39 Å². The molecular formula is C36H35F4N7O4S. The van der Waals surface area contributed by atoms with Crippen LogP contribution in [0.3, 0.4) is 0 Å². The van der Waals surface area contributed by atoms with Crippen LogP contribution in [-0.2, 0) is 23.1 Å². The highest BCUT2D eigenvalue weighted by Crippen LogP contribution is 2.43. The summed E-state index contributed by atoms with van der Waals surface area (Å²) in [6.45, 7) is 5.34. The largest absolute Gasteiger partial charge is 0.598 e. The van der Waals surface area contributed by atoms with E-state index in [9.17, 15) is 37.7 Å². The van der Waals surface area contributed by atoms with Crippen molar-refractivity contribution in [2.24, 2.45) is 5.92 Å². The van der Waals surface area contributed by atoms with Gasteiger partial charge in [0.1, 0.15) is 21.8 Å². The Bertz CT molecular complexity index is 2040. The SMILES string of the molecule is CC(C)(C)[S@@+]([O-])NC(CCC1CC1)(c1cccc(C#N)c1)c1ccc(F)c(NC(=O)c2cc(C(F)(F)F)nn2-c2cccc(N(C=N)C(=O)O)c2)c1. The Hall–Kier alpha value is -5.24. The lowest BCUT2D eigenvalue weighted by Crippen LogP contribution is -2.52. The third-order valence-electron chi connectivity index (χ3n) is 8.56. The average Bonchev–Trinajstić information content (AvgIpc) is 3.81. The van der Waals surface area contributed by atoms with Gasteiger partial charge in [0.2, 0.25) is 0 Å². The van der Waals surface area contributed by atoms with Crippen molar-refractivity contribution in [3.63, 3.8) is 0 Å². The van der Waals surface area contributed by atoms with Crippen LogP contribution in [0.4, 0.5) is 33.7 Å². The number of amides is 2. The van der Waals surface area contributed by atoms with Crippen molar-refractivity contribution in [2.45, 2.75) is 62.9 Å². The van der Waals surface area contributed by atoms with Gasteiger partial charge < -0.3 is 15.0 Å². The lowest BCUT2D eigenvalue weighted by Gasteiger charge is -2.39. The van der Waals surface area contributed by atoms with Crippen molar-refractivity contribution >= 4 is 41.1 Å². The minimum Gasteiger partial charge on any atom is -0.598 e. The van der Waals surface area contributed by atoms with Gasteiger partial charge in [-0.2, -0.15) is 23.5 Å². The van der Waals surface area contributed by atoms with Crippen LogP contribution >= 0.6 is 0 Å². The van der Waals surface area contributed by atoms with Crippen molar-refractivity contribution in [1.82, 2.24) is 14.5 Å². The van der Waals surface area contributed by atoms with E-state index in [4.69, 9.17) is 5.41 Å². The quantitative estimate of drug-likeness (QED) is 0.0499. The molecule has 272 valence electrons. The van der Waals surface area contributed by atoms with Crippen LogP contribution in [0.15, 0.2) is 72.8 Å². The number of nitrogens with zero attached hydrogens (tertiary/aromatic N) is 4. The molecule has 1 saturated carbocycles. The molecule has 1 aromatic heterocycles. The molecule has 0 spiro atoms. The molecule has 2 atom stereocenters. The number of alkyl halides is 3. The summed E-state index contributed by atoms with van der Waals surface area (Å²) < 4.78 is 74.2. The van der Waals surface area contributed by atoms with Gasteiger partial charge in [0.15, 0.2) is 5.69 Å². The van der Waals surface area contributed by atoms with Crippen LogP contribution in [-0.4, -0.2) is 42.5 Å². The summed E-state index contributed by atoms with van der Waals surface area (Å²) in [4.78, 5) is 25.9. The van der Waals surface area contributed by atoms with E-state index < -0.39 is 62.7 Å². The molecular weight excluding hydrogens is 702 g/mol. The predicted octanol–water partition coefficient (Wildman–Crippen LogP) is 7.73. The number of hydrogen-bond acceptors (Lipinski definition) is 7. The van der Waals surface area contributed by atoms with Gasteiger partial charge in [0.25, 0.3) is 5.91 Å². The maximum Gasteiger partial charge on any atom is 0.435 e. The zero-order chi connectivity index (χ0) is 38.0. The summed E-state index contributed by atoms with van der Waals surface area (Å²) in [6.07, 6.45) is -2.94. The monoisotopic (exact) mass is 737 g/mol. The lowest BCUT2D eigenvalue weighted by atomic mass is 9.79. The fourth-order valence-electron chi connectivity index (χ4n) is 5.58. The summed E-state index contributed by atoms with van der Waals surface area (Å²) in [6, 6.07) is 18.2. The van der Waals surface area contributed by atoms with E-state index in [1.54, 1.807) is 45.0 Å². The minimum atomic E-state index is -4.99. The molecule has 1 aliphatic rings. The Balaban J connectivity index is 1.62. The van der Waals surface area contributed by atoms with Gasteiger partial charge in [-0.25, -0.2) is 18.8 Å². The number of rotatable bonds is 12. The lowest BCUT2D eigenvalue weighted by molar-refractivity contribution is -0.141. The van der Waals surface area contributed by atoms with Gasteiger partial charge in [0, 0.05) is 17.4 Å². The van der Waals surface area contributed by atoms with Crippen molar-refractivity contribution in [3.05, 3.63) is 107 Å². The molecule has 1 unspecified atom stereocenters. The maximum atomic E-state index is 15.6. The van der Waals surface area contributed by atoms with E-state index in [0.717, 1.165) is 25.0 Å². The number of carbonyl (C=O) groups is 2. The highest BCUT2D eigenvalue weighted by Gasteiger charge is 2.44. The van der Waals surface area contributed by atoms with Gasteiger partial charge in [-0.15, -0.1) is 4.72 Å². The molecule has 0 bridgehead atoms. The van der Waals surface area contributed by atoms with Crippen molar-refractivity contribution in [1.29, 1.82) is 10.7 Å². The maximum absolute atomic E-state index is 15.6. The predicted molar refractivity (Wildman–Crippen MR) is 187 cm³/mol. The first-order chi connectivity index (χ1) is 24.5. The van der Waals surface area contributed by atoms with Crippen molar-refractivity contribution < 1.29 is 36.8 Å². The molecule has 2 amide bonds. The Morgan fingerprint density at radius 3 is 2.40 bits per heavy atom. The molecule has 3 aromatic carbocycles.